The van der Waals surface area contributed by atoms with Crippen LogP contribution >= 0.6 is 0 Å². The Labute approximate surface area is 85.6 Å². The van der Waals surface area contributed by atoms with Crippen LogP contribution in [0.25, 0.3) is 0 Å². The molecule has 3 N–H and O–H groups in total. The van der Waals surface area contributed by atoms with E-state index in [1.165, 1.54) is 5.56 Å². The summed E-state index contributed by atoms with van der Waals surface area (Å²) in [6, 6.07) is 2.26. The predicted octanol–water partition coefficient (Wildman–Crippen LogP) is 2.09. The molecule has 80 valence electrons. The maximum absolute atomic E-state index is 5.57. The van der Waals surface area contributed by atoms with Gasteiger partial charge < -0.3 is 4.42 Å². The van der Waals surface area contributed by atoms with Gasteiger partial charge in [0.1, 0.15) is 0 Å². The summed E-state index contributed by atoms with van der Waals surface area (Å²) in [5.41, 5.74) is 4.28. The Balaban J connectivity index is 2.64. The van der Waals surface area contributed by atoms with Crippen molar-refractivity contribution in [3.63, 3.8) is 0 Å². The molecule has 0 aliphatic rings. The Hall–Kier alpha value is -0.800. The first kappa shape index (κ1) is 11.3. The Morgan fingerprint density at radius 3 is 2.71 bits per heavy atom. The second-order valence-corrected chi connectivity index (χ2v) is 4.40. The molecule has 1 heterocycles. The zero-order chi connectivity index (χ0) is 10.6. The first-order chi connectivity index (χ1) is 6.60. The van der Waals surface area contributed by atoms with Gasteiger partial charge in [-0.2, -0.15) is 0 Å². The molecular weight excluding hydrogens is 176 g/mol. The van der Waals surface area contributed by atoms with E-state index in [0.29, 0.717) is 0 Å². The van der Waals surface area contributed by atoms with Crippen LogP contribution in [0.1, 0.15) is 32.8 Å². The predicted molar refractivity (Wildman–Crippen MR) is 57.6 cm³/mol. The second kappa shape index (κ2) is 4.62. The highest BCUT2D eigenvalue weighted by Crippen LogP contribution is 2.26. The van der Waals surface area contributed by atoms with Gasteiger partial charge in [0.2, 0.25) is 0 Å². The molecular formula is C11H20N2O. The normalized spacial score (nSPS) is 14.3. The smallest absolute Gasteiger partial charge is 0.0935 e. The lowest BCUT2D eigenvalue weighted by molar-refractivity contribution is 0.231. The molecule has 0 fully saturated rings. The van der Waals surface area contributed by atoms with Crippen LogP contribution < -0.4 is 11.3 Å². The third kappa shape index (κ3) is 2.59. The number of nitrogens with two attached hydrogens (primary N) is 1. The summed E-state index contributed by atoms with van der Waals surface area (Å²) in [6.45, 7) is 6.62. The van der Waals surface area contributed by atoms with Crippen molar-refractivity contribution in [2.45, 2.75) is 39.7 Å². The summed E-state index contributed by atoms with van der Waals surface area (Å²) in [6.07, 6.45) is 5.48. The van der Waals surface area contributed by atoms with Gasteiger partial charge in [0, 0.05) is 6.04 Å². The van der Waals surface area contributed by atoms with Gasteiger partial charge in [-0.25, -0.2) is 0 Å². The van der Waals surface area contributed by atoms with Crippen LogP contribution in [0.15, 0.2) is 23.0 Å². The van der Waals surface area contributed by atoms with E-state index in [4.69, 9.17) is 10.3 Å². The minimum Gasteiger partial charge on any atom is -0.472 e. The summed E-state index contributed by atoms with van der Waals surface area (Å²) in [5, 5.41) is 0. The van der Waals surface area contributed by atoms with Gasteiger partial charge in [-0.15, -0.1) is 0 Å². The molecule has 0 saturated heterocycles. The molecule has 0 amide bonds. The first-order valence-electron chi connectivity index (χ1n) is 5.07. The molecule has 0 aliphatic heterocycles. The van der Waals surface area contributed by atoms with Crippen molar-refractivity contribution in [3.8, 4) is 0 Å². The Kier molecular flexibility index (Phi) is 3.72. The summed E-state index contributed by atoms with van der Waals surface area (Å²) in [7, 11) is 0. The van der Waals surface area contributed by atoms with Crippen LogP contribution in [0.4, 0.5) is 0 Å². The Morgan fingerprint density at radius 2 is 2.29 bits per heavy atom. The van der Waals surface area contributed by atoms with Gasteiger partial charge in [-0.1, -0.05) is 20.8 Å². The quantitative estimate of drug-likeness (QED) is 0.560. The average molecular weight is 196 g/mol. The van der Waals surface area contributed by atoms with Gasteiger partial charge in [0.15, 0.2) is 0 Å². The second-order valence-electron chi connectivity index (χ2n) is 4.40. The van der Waals surface area contributed by atoms with Crippen LogP contribution in [0.2, 0.25) is 0 Å². The number of nitrogens with one attached hydrogen (secondary N) is 1. The number of hydrazine groups is 1. The molecule has 0 saturated carbocycles. The lowest BCUT2D eigenvalue weighted by Crippen LogP contribution is -2.46. The topological polar surface area (TPSA) is 51.2 Å². The Bertz CT molecular complexity index is 254. The summed E-state index contributed by atoms with van der Waals surface area (Å²) < 4.78 is 5.04. The van der Waals surface area contributed by atoms with Crippen LogP contribution in [0.3, 0.4) is 0 Å². The van der Waals surface area contributed by atoms with E-state index < -0.39 is 0 Å². The van der Waals surface area contributed by atoms with Gasteiger partial charge >= 0.3 is 0 Å². The highest BCUT2D eigenvalue weighted by molar-refractivity contribution is 5.08. The van der Waals surface area contributed by atoms with Gasteiger partial charge in [0.05, 0.1) is 12.5 Å². The van der Waals surface area contributed by atoms with Gasteiger partial charge in [-0.3, -0.25) is 11.3 Å². The van der Waals surface area contributed by atoms with Crippen molar-refractivity contribution in [2.24, 2.45) is 11.3 Å². The lowest BCUT2D eigenvalue weighted by atomic mass is 9.79. The zero-order valence-electron chi connectivity index (χ0n) is 9.21. The van der Waals surface area contributed by atoms with Crippen LogP contribution in [0.5, 0.6) is 0 Å². The molecule has 0 spiro atoms. The van der Waals surface area contributed by atoms with Crippen LogP contribution in [-0.2, 0) is 6.42 Å². The standard InChI is InChI=1S/C11H20N2O/c1-4-11(2,3)10(13-12)7-9-5-6-14-8-9/h5-6,8,10,13H,4,7,12H2,1-3H3. The van der Waals surface area contributed by atoms with Crippen molar-refractivity contribution in [3.05, 3.63) is 24.2 Å². The molecule has 1 aromatic heterocycles. The van der Waals surface area contributed by atoms with Crippen molar-refractivity contribution >= 4 is 0 Å². The fraction of sp³-hybridized carbons (Fsp3) is 0.636. The van der Waals surface area contributed by atoms with Gasteiger partial charge in [0.25, 0.3) is 0 Å². The van der Waals surface area contributed by atoms with E-state index in [9.17, 15) is 0 Å². The van der Waals surface area contributed by atoms with E-state index in [-0.39, 0.29) is 11.5 Å². The molecule has 3 heteroatoms. The molecule has 0 bridgehead atoms. The highest BCUT2D eigenvalue weighted by atomic mass is 16.3. The first-order valence-corrected chi connectivity index (χ1v) is 5.07. The molecule has 3 nitrogen and oxygen atoms in total. The summed E-state index contributed by atoms with van der Waals surface area (Å²) in [5.74, 6) is 5.57. The maximum Gasteiger partial charge on any atom is 0.0935 e. The van der Waals surface area contributed by atoms with Crippen LogP contribution in [-0.4, -0.2) is 6.04 Å². The van der Waals surface area contributed by atoms with Crippen molar-refractivity contribution in [2.75, 3.05) is 0 Å². The molecule has 0 aromatic carbocycles. The molecule has 0 aliphatic carbocycles. The molecule has 14 heavy (non-hydrogen) atoms. The minimum atomic E-state index is 0.200. The highest BCUT2D eigenvalue weighted by Gasteiger charge is 2.26. The van der Waals surface area contributed by atoms with E-state index in [1.807, 2.05) is 6.07 Å². The number of hydrogen-bond acceptors (Lipinski definition) is 3. The van der Waals surface area contributed by atoms with Gasteiger partial charge in [-0.05, 0) is 29.9 Å². The third-order valence-corrected chi connectivity index (χ3v) is 3.08. The van der Waals surface area contributed by atoms with E-state index in [1.54, 1.807) is 12.5 Å². The largest absolute Gasteiger partial charge is 0.472 e. The van der Waals surface area contributed by atoms with E-state index in [2.05, 4.69) is 26.2 Å². The molecule has 1 aromatic rings. The fourth-order valence-corrected chi connectivity index (χ4v) is 1.45. The number of rotatable bonds is 5. The molecule has 1 rings (SSSR count). The van der Waals surface area contributed by atoms with E-state index in [0.717, 1.165) is 12.8 Å². The number of furan rings is 1. The SMILES string of the molecule is CCC(C)(C)C(Cc1ccoc1)NN. The zero-order valence-corrected chi connectivity index (χ0v) is 9.21. The number of hydrogen-bond donors (Lipinski definition) is 2. The summed E-state index contributed by atoms with van der Waals surface area (Å²) >= 11 is 0. The van der Waals surface area contributed by atoms with Crippen molar-refractivity contribution in [1.82, 2.24) is 5.43 Å². The van der Waals surface area contributed by atoms with Crippen molar-refractivity contribution in [1.29, 1.82) is 0 Å². The average Bonchev–Trinajstić information content (AvgIpc) is 2.66. The maximum atomic E-state index is 5.57. The molecule has 1 atom stereocenters. The summed E-state index contributed by atoms with van der Waals surface area (Å²) in [4.78, 5) is 0. The molecule has 1 unspecified atom stereocenters. The molecule has 0 radical (unpaired) electrons. The third-order valence-electron chi connectivity index (χ3n) is 3.08. The fourth-order valence-electron chi connectivity index (χ4n) is 1.45. The lowest BCUT2D eigenvalue weighted by Gasteiger charge is -2.32. The monoisotopic (exact) mass is 196 g/mol. The minimum absolute atomic E-state index is 0.200. The van der Waals surface area contributed by atoms with Crippen molar-refractivity contribution < 1.29 is 4.42 Å². The van der Waals surface area contributed by atoms with Crippen LogP contribution in [0, 0.1) is 5.41 Å². The Morgan fingerprint density at radius 1 is 1.57 bits per heavy atom. The van der Waals surface area contributed by atoms with E-state index >= 15 is 0 Å².